The van der Waals surface area contributed by atoms with Crippen molar-refractivity contribution in [3.05, 3.63) is 11.6 Å². The van der Waals surface area contributed by atoms with Crippen LogP contribution in [-0.4, -0.2) is 28.3 Å². The fourth-order valence-corrected chi connectivity index (χ4v) is 8.33. The minimum Gasteiger partial charge on any atom is 0 e. The number of ether oxygens (including phenoxy) is 1. The van der Waals surface area contributed by atoms with E-state index in [1.165, 1.54) is 19.3 Å². The van der Waals surface area contributed by atoms with Crippen LogP contribution >= 0.6 is 0 Å². The number of hydrogen-bond donors (Lipinski definition) is 1. The van der Waals surface area contributed by atoms with Crippen molar-refractivity contribution >= 4 is 3.90 Å². The van der Waals surface area contributed by atoms with Gasteiger partial charge in [-0.25, -0.2) is 0 Å². The van der Waals surface area contributed by atoms with Crippen LogP contribution in [0.25, 0.3) is 0 Å². The summed E-state index contributed by atoms with van der Waals surface area (Å²) in [7, 11) is 1.85. The van der Waals surface area contributed by atoms with Crippen LogP contribution in [0.3, 0.4) is 0 Å². The van der Waals surface area contributed by atoms with Crippen molar-refractivity contribution < 1.29 is 366 Å². The van der Waals surface area contributed by atoms with E-state index < -0.39 is 0 Å². The minimum atomic E-state index is -0.140. The molecule has 0 aromatic rings. The van der Waals surface area contributed by atoms with E-state index in [4.69, 9.17) is 4.74 Å². The van der Waals surface area contributed by atoms with E-state index in [9.17, 15) is 5.11 Å². The largest absolute Gasteiger partial charge is 0 e. The van der Waals surface area contributed by atoms with Gasteiger partial charge < -0.3 is 0 Å². The standard InChI is InChI=1S/C21H32O2.17W/c1-13-10-14-11-15(23-4)7-9-21(14,3)19-17(22)12-20(2)8-5-6-16(20)18(13)19;;;;;;;;;;;;;;;;;/h10,13,15-19,22H,5-7,9,11-12H2,1-4H3;;;;;;;;;;;;;;;;;/t13-,15-,16?,17+,18?,19?,20?,21?;;;;;;;;;;;;;;;;;/m0................./s1. The summed E-state index contributed by atoms with van der Waals surface area (Å²) in [6, 6.07) is 0. The average Bonchev–Trinajstić information content (AvgIpc) is 2.82. The second-order valence-corrected chi connectivity index (χ2v) is 11.2. The van der Waals surface area contributed by atoms with Gasteiger partial charge in [-0.1, -0.05) is 0 Å². The third-order valence-corrected chi connectivity index (χ3v) is 10.8. The Morgan fingerprint density at radius 3 is 1.65 bits per heavy atom. The first kappa shape index (κ1) is 88.4. The third kappa shape index (κ3) is 19.2. The number of aliphatic hydroxyl groups is 1. The first-order valence-corrected chi connectivity index (χ1v) is 11.2. The van der Waals surface area contributed by atoms with Gasteiger partial charge in [-0.3, -0.25) is 0 Å². The molecule has 1 N–H and O–H groups in total. The Bertz CT molecular complexity index is 618. The van der Waals surface area contributed by atoms with Crippen LogP contribution < -0.4 is 0 Å². The Labute approximate surface area is 484 Å². The molecule has 40 heavy (non-hydrogen) atoms. The Hall–Kier alpha value is 11.2. The predicted molar refractivity (Wildman–Crippen MR) is 93.4 cm³/mol. The topological polar surface area (TPSA) is 29.5 Å². The van der Waals surface area contributed by atoms with Crippen LogP contribution in [0.2, 0.25) is 0 Å². The number of fused-ring (bicyclic) bond motifs is 5. The molecule has 0 amide bonds. The van der Waals surface area contributed by atoms with E-state index in [0.29, 0.717) is 29.3 Å². The van der Waals surface area contributed by atoms with Gasteiger partial charge in [-0.2, -0.15) is 0 Å². The van der Waals surface area contributed by atoms with Gasteiger partial charge in [0, 0.05) is 337 Å². The maximum atomic E-state index is 11.3. The maximum Gasteiger partial charge on any atom is 0 e. The van der Waals surface area contributed by atoms with Crippen molar-refractivity contribution in [2.24, 2.45) is 34.5 Å². The zero-order chi connectivity index (χ0) is 17.3. The third-order valence-electron chi connectivity index (χ3n) is 8.37. The zero-order valence-electron chi connectivity index (χ0n) is 22.1. The van der Waals surface area contributed by atoms with Crippen LogP contribution in [0.1, 0.15) is 59.3 Å². The molecule has 230 valence electrons. The fraction of sp³-hybridized carbons (Fsp3) is 0.857. The summed E-state index contributed by atoms with van der Waals surface area (Å²) in [5.41, 5.74) is 2.08. The van der Waals surface area contributed by atoms with E-state index in [1.54, 1.807) is 28.8 Å². The van der Waals surface area contributed by atoms with Crippen molar-refractivity contribution in [1.29, 1.82) is 0 Å². The molecule has 0 aliphatic heterocycles. The van der Waals surface area contributed by atoms with Gasteiger partial charge in [-0.15, -0.1) is 0 Å². The van der Waals surface area contributed by atoms with Crippen LogP contribution in [0.5, 0.6) is 0 Å². The molecule has 4 aliphatic rings. The maximum absolute atomic E-state index is 11.3. The van der Waals surface area contributed by atoms with E-state index in [-0.39, 0.29) is 349 Å². The summed E-state index contributed by atoms with van der Waals surface area (Å²) < 4.78 is 7.40. The van der Waals surface area contributed by atoms with Crippen LogP contribution in [-0.2, 0) is 361 Å². The van der Waals surface area contributed by atoms with Gasteiger partial charge in [0.1, 0.15) is 0 Å². The molecule has 5 unspecified atom stereocenters. The van der Waals surface area contributed by atoms with Gasteiger partial charge in [0.15, 0.2) is 0 Å². The van der Waals surface area contributed by atoms with Crippen LogP contribution in [0.15, 0.2) is 11.6 Å². The summed E-state index contributed by atoms with van der Waals surface area (Å²) in [6.45, 7) is 7.33. The van der Waals surface area contributed by atoms with Crippen molar-refractivity contribution in [3.63, 3.8) is 0 Å². The molecule has 8 atom stereocenters. The second kappa shape index (κ2) is 39.9. The number of allylic oxidation sites excluding steroid dienone is 1. The Morgan fingerprint density at radius 2 is 1.23 bits per heavy atom. The molecule has 4 rings (SSSR count). The summed E-state index contributed by atoms with van der Waals surface area (Å²) >= 11 is 1.66. The van der Waals surface area contributed by atoms with Crippen LogP contribution in [0.4, 0.5) is 0 Å². The van der Waals surface area contributed by atoms with Crippen molar-refractivity contribution in [1.82, 2.24) is 0 Å². The molecule has 0 bridgehead atoms. The molecular weight excluding hydrogens is 3410 g/mol. The monoisotopic (exact) mass is 3440 g/mol. The number of aliphatic hydroxyl groups excluding tert-OH is 1. The zero-order valence-corrected chi connectivity index (χ0v) is 71.9. The van der Waals surface area contributed by atoms with Gasteiger partial charge in [0.05, 0.1) is 0 Å². The second-order valence-electron chi connectivity index (χ2n) is 9.43. The van der Waals surface area contributed by atoms with Crippen molar-refractivity contribution in [3.8, 4) is 0 Å². The van der Waals surface area contributed by atoms with Gasteiger partial charge >= 0.3 is 158 Å². The summed E-state index contributed by atoms with van der Waals surface area (Å²) in [4.78, 5) is 0. The quantitative estimate of drug-likeness (QED) is 0.405. The summed E-state index contributed by atoms with van der Waals surface area (Å²) in [5, 5.41) is 11.3. The Balaban J connectivity index is -0.0000000414. The molecule has 0 radical (unpaired) electrons. The van der Waals surface area contributed by atoms with Gasteiger partial charge in [0.25, 0.3) is 0 Å². The van der Waals surface area contributed by atoms with E-state index >= 15 is 0 Å². The minimum absolute atomic E-state index is 0. The Kier molecular flexibility index (Phi) is 88.2. The van der Waals surface area contributed by atoms with Gasteiger partial charge in [0.2, 0.25) is 0 Å². The van der Waals surface area contributed by atoms with E-state index in [0.717, 1.165) is 25.2 Å². The molecule has 4 aliphatic carbocycles. The molecular formula is C21H32O2W17. The van der Waals surface area contributed by atoms with Crippen molar-refractivity contribution in [2.75, 3.05) is 7.11 Å². The molecule has 3 fully saturated rings. The Morgan fingerprint density at radius 1 is 0.775 bits per heavy atom. The van der Waals surface area contributed by atoms with E-state index in [2.05, 4.69) is 26.8 Å². The molecule has 0 spiro atoms. The smallest absolute Gasteiger partial charge is 0 e. The molecule has 0 aromatic carbocycles. The first-order valence-electron chi connectivity index (χ1n) is 9.76. The molecule has 0 heterocycles. The number of methoxy groups -OCH3 is 1. The SMILES string of the molecule is CO[C@H]1CCC2(C)C(=C[C@H](C)C3C4CC[C](=[W])C4(C)C[C@@H](O)C32)C1.[W].[W].[W].[W].[W].[W].[W].[W].[W].[W].[W].[W].[W].[W].[W].[W]. The predicted octanol–water partition coefficient (Wildman–Crippen LogP) is 3.86. The van der Waals surface area contributed by atoms with Gasteiger partial charge in [-0.05, 0) is 0 Å². The van der Waals surface area contributed by atoms with E-state index in [1.807, 2.05) is 7.11 Å². The first-order chi connectivity index (χ1) is 11.3. The fourth-order valence-electron chi connectivity index (χ4n) is 7.06. The molecule has 0 aromatic heterocycles. The number of rotatable bonds is 1. The average molecular weight is 3440 g/mol. The summed E-state index contributed by atoms with van der Waals surface area (Å²) in [5.74, 6) is 2.48. The van der Waals surface area contributed by atoms with Crippen molar-refractivity contribution in [2.45, 2.75) is 71.5 Å². The molecule has 19 heteroatoms. The number of hydrogen-bond acceptors (Lipinski definition) is 2. The van der Waals surface area contributed by atoms with Crippen LogP contribution in [0, 0.1) is 34.5 Å². The molecule has 2 nitrogen and oxygen atoms in total. The molecule has 3 saturated carbocycles. The summed E-state index contributed by atoms with van der Waals surface area (Å²) in [6.07, 6.45) is 9.89. The normalized spacial score (nSPS) is 32.3. The molecule has 0 saturated heterocycles.